The topological polar surface area (TPSA) is 67.3 Å². The lowest BCUT2D eigenvalue weighted by molar-refractivity contribution is 0.0630. The zero-order chi connectivity index (χ0) is 23.8. The molecule has 2 aromatic carbocycles. The van der Waals surface area contributed by atoms with Gasteiger partial charge in [-0.25, -0.2) is 9.37 Å². The standard InChI is InChI=1S/C24H15F3N2O3S/c1-33(32)19-8-2-15(3-9-19)14-29-22(30)20-12-16(13-28-21(20)23(29)31)10-11-24(26,27)17-4-6-18(25)7-5-17/h2-9,12-13H,14H2,1H3. The Bertz CT molecular complexity index is 1340. The van der Waals surface area contributed by atoms with Gasteiger partial charge in [-0.15, -0.1) is 0 Å². The molecule has 2 amide bonds. The first-order chi connectivity index (χ1) is 15.7. The number of fused-ring (bicyclic) bond motifs is 1. The number of amides is 2. The van der Waals surface area contributed by atoms with Crippen LogP contribution in [0.4, 0.5) is 13.2 Å². The quantitative estimate of drug-likeness (QED) is 0.430. The van der Waals surface area contributed by atoms with Crippen molar-refractivity contribution in [2.24, 2.45) is 0 Å². The molecular weight excluding hydrogens is 453 g/mol. The molecule has 0 saturated carbocycles. The van der Waals surface area contributed by atoms with Crippen molar-refractivity contribution in [2.45, 2.75) is 17.4 Å². The molecule has 166 valence electrons. The molecule has 1 unspecified atom stereocenters. The summed E-state index contributed by atoms with van der Waals surface area (Å²) in [6.07, 6.45) is 2.69. The van der Waals surface area contributed by atoms with Gasteiger partial charge >= 0.3 is 5.92 Å². The van der Waals surface area contributed by atoms with Crippen LogP contribution < -0.4 is 0 Å². The average molecular weight is 468 g/mol. The largest absolute Gasteiger partial charge is 0.333 e. The van der Waals surface area contributed by atoms with Crippen LogP contribution in [0.25, 0.3) is 0 Å². The Morgan fingerprint density at radius 3 is 2.33 bits per heavy atom. The van der Waals surface area contributed by atoms with Gasteiger partial charge in [-0.2, -0.15) is 8.78 Å². The summed E-state index contributed by atoms with van der Waals surface area (Å²) in [5.74, 6) is -1.32. The van der Waals surface area contributed by atoms with Crippen molar-refractivity contribution in [3.05, 3.63) is 94.6 Å². The van der Waals surface area contributed by atoms with Crippen molar-refractivity contribution in [1.82, 2.24) is 9.88 Å². The van der Waals surface area contributed by atoms with Gasteiger partial charge in [0.25, 0.3) is 11.8 Å². The second kappa shape index (κ2) is 8.64. The van der Waals surface area contributed by atoms with Crippen LogP contribution in [0.15, 0.2) is 65.7 Å². The molecule has 9 heteroatoms. The van der Waals surface area contributed by atoms with Gasteiger partial charge in [-0.1, -0.05) is 18.1 Å². The van der Waals surface area contributed by atoms with E-state index in [1.165, 1.54) is 6.07 Å². The van der Waals surface area contributed by atoms with E-state index >= 15 is 0 Å². The maximum Gasteiger partial charge on any atom is 0.333 e. The molecule has 1 aliphatic heterocycles. The summed E-state index contributed by atoms with van der Waals surface area (Å²) in [6, 6.07) is 11.6. The van der Waals surface area contributed by atoms with Gasteiger partial charge < -0.3 is 0 Å². The van der Waals surface area contributed by atoms with Crippen LogP contribution in [0, 0.1) is 17.7 Å². The lowest BCUT2D eigenvalue weighted by atomic mass is 10.1. The summed E-state index contributed by atoms with van der Waals surface area (Å²) in [4.78, 5) is 31.0. The van der Waals surface area contributed by atoms with E-state index in [1.807, 2.05) is 5.92 Å². The summed E-state index contributed by atoms with van der Waals surface area (Å²) in [5.41, 5.74) is 0.108. The fourth-order valence-corrected chi connectivity index (χ4v) is 3.75. The first kappa shape index (κ1) is 22.4. The van der Waals surface area contributed by atoms with Gasteiger partial charge in [0, 0.05) is 39.3 Å². The number of alkyl halides is 2. The van der Waals surface area contributed by atoms with Gasteiger partial charge in [0.2, 0.25) is 0 Å². The zero-order valence-electron chi connectivity index (χ0n) is 17.1. The Balaban J connectivity index is 1.56. The molecule has 0 N–H and O–H groups in total. The lowest BCUT2D eigenvalue weighted by Crippen LogP contribution is -2.29. The first-order valence-corrected chi connectivity index (χ1v) is 11.2. The fourth-order valence-electron chi connectivity index (χ4n) is 3.23. The number of aromatic nitrogens is 1. The normalized spacial score (nSPS) is 14.0. The molecular formula is C24H15F3N2O3S. The second-order valence-electron chi connectivity index (χ2n) is 7.25. The Hall–Kier alpha value is -3.77. The number of benzene rings is 2. The van der Waals surface area contributed by atoms with E-state index in [0.717, 1.165) is 35.4 Å². The predicted molar refractivity (Wildman–Crippen MR) is 114 cm³/mol. The van der Waals surface area contributed by atoms with Crippen molar-refractivity contribution in [2.75, 3.05) is 6.26 Å². The minimum atomic E-state index is -3.55. The molecule has 1 aromatic heterocycles. The third kappa shape index (κ3) is 4.56. The van der Waals surface area contributed by atoms with Crippen LogP contribution in [0.5, 0.6) is 0 Å². The Kier molecular flexibility index (Phi) is 5.87. The maximum absolute atomic E-state index is 14.3. The minimum absolute atomic E-state index is 0.0195. The SMILES string of the molecule is CS(=O)c1ccc(CN2C(=O)c3cc(C#CC(F)(F)c4ccc(F)cc4)cnc3C2=O)cc1. The molecule has 0 radical (unpaired) electrons. The number of rotatable bonds is 4. The fraction of sp³-hybridized carbons (Fsp3) is 0.125. The molecule has 5 nitrogen and oxygen atoms in total. The highest BCUT2D eigenvalue weighted by Gasteiger charge is 2.37. The first-order valence-electron chi connectivity index (χ1n) is 9.61. The van der Waals surface area contributed by atoms with Crippen molar-refractivity contribution < 1.29 is 27.0 Å². The van der Waals surface area contributed by atoms with E-state index in [0.29, 0.717) is 10.5 Å². The number of carbonyl (C=O) groups is 2. The van der Waals surface area contributed by atoms with Gasteiger partial charge in [0.1, 0.15) is 11.5 Å². The highest BCUT2D eigenvalue weighted by atomic mass is 32.2. The summed E-state index contributed by atoms with van der Waals surface area (Å²) >= 11 is 0. The molecule has 0 bridgehead atoms. The number of carbonyl (C=O) groups excluding carboxylic acids is 2. The molecule has 3 aromatic rings. The molecule has 33 heavy (non-hydrogen) atoms. The van der Waals surface area contributed by atoms with Crippen LogP contribution >= 0.6 is 0 Å². The number of hydrogen-bond donors (Lipinski definition) is 0. The molecule has 0 fully saturated rings. The highest BCUT2D eigenvalue weighted by Crippen LogP contribution is 2.28. The lowest BCUT2D eigenvalue weighted by Gasteiger charge is -2.13. The van der Waals surface area contributed by atoms with Gasteiger partial charge in [0.15, 0.2) is 0 Å². The van der Waals surface area contributed by atoms with E-state index in [2.05, 4.69) is 10.9 Å². The van der Waals surface area contributed by atoms with Crippen LogP contribution in [0.2, 0.25) is 0 Å². The molecule has 1 atom stereocenters. The Morgan fingerprint density at radius 2 is 1.70 bits per heavy atom. The Morgan fingerprint density at radius 1 is 1.03 bits per heavy atom. The molecule has 2 heterocycles. The summed E-state index contributed by atoms with van der Waals surface area (Å²) in [5, 5.41) is 0. The van der Waals surface area contributed by atoms with Crippen molar-refractivity contribution in [3.63, 3.8) is 0 Å². The van der Waals surface area contributed by atoms with Crippen LogP contribution in [0.3, 0.4) is 0 Å². The average Bonchev–Trinajstić information content (AvgIpc) is 3.03. The van der Waals surface area contributed by atoms with E-state index < -0.39 is 39.9 Å². The van der Waals surface area contributed by atoms with E-state index in [4.69, 9.17) is 0 Å². The van der Waals surface area contributed by atoms with Crippen LogP contribution in [-0.2, 0) is 23.3 Å². The van der Waals surface area contributed by atoms with Gasteiger partial charge in [-0.05, 0) is 53.9 Å². The van der Waals surface area contributed by atoms with Crippen molar-refractivity contribution in [3.8, 4) is 11.8 Å². The van der Waals surface area contributed by atoms with E-state index in [1.54, 1.807) is 30.5 Å². The van der Waals surface area contributed by atoms with E-state index in [9.17, 15) is 27.0 Å². The van der Waals surface area contributed by atoms with Crippen LogP contribution in [-0.4, -0.2) is 32.2 Å². The van der Waals surface area contributed by atoms with Gasteiger partial charge in [0.05, 0.1) is 12.1 Å². The molecule has 0 aliphatic carbocycles. The van der Waals surface area contributed by atoms with Crippen molar-refractivity contribution >= 4 is 22.6 Å². The molecule has 4 rings (SSSR count). The minimum Gasteiger partial charge on any atom is -0.268 e. The number of nitrogens with zero attached hydrogens (tertiary/aromatic N) is 2. The number of halogens is 3. The number of hydrogen-bond acceptors (Lipinski definition) is 4. The summed E-state index contributed by atoms with van der Waals surface area (Å²) in [7, 11) is -1.15. The smallest absolute Gasteiger partial charge is 0.268 e. The predicted octanol–water partition coefficient (Wildman–Crippen LogP) is 3.90. The molecule has 1 aliphatic rings. The Labute approximate surface area is 189 Å². The second-order valence-corrected chi connectivity index (χ2v) is 8.63. The van der Waals surface area contributed by atoms with E-state index in [-0.39, 0.29) is 23.4 Å². The highest BCUT2D eigenvalue weighted by molar-refractivity contribution is 7.84. The number of imide groups is 1. The van der Waals surface area contributed by atoms with Crippen LogP contribution in [0.1, 0.15) is 37.5 Å². The third-order valence-corrected chi connectivity index (χ3v) is 5.91. The maximum atomic E-state index is 14.3. The zero-order valence-corrected chi connectivity index (χ0v) is 18.0. The molecule has 0 saturated heterocycles. The summed E-state index contributed by atoms with van der Waals surface area (Å²) < 4.78 is 53.1. The third-order valence-electron chi connectivity index (χ3n) is 4.98. The number of pyridine rings is 1. The van der Waals surface area contributed by atoms with Crippen molar-refractivity contribution in [1.29, 1.82) is 0 Å². The monoisotopic (exact) mass is 468 g/mol. The van der Waals surface area contributed by atoms with Gasteiger partial charge in [-0.3, -0.25) is 18.7 Å². The summed E-state index contributed by atoms with van der Waals surface area (Å²) in [6.45, 7) is -0.0195. The molecule has 0 spiro atoms.